The van der Waals surface area contributed by atoms with Crippen LogP contribution in [0.2, 0.25) is 5.02 Å². The Morgan fingerprint density at radius 2 is 1.50 bits per heavy atom. The van der Waals surface area contributed by atoms with E-state index in [0.29, 0.717) is 31.2 Å². The molecule has 2 aromatic carbocycles. The average Bonchev–Trinajstić information content (AvgIpc) is 2.62. The van der Waals surface area contributed by atoms with Crippen LogP contribution in [0.25, 0.3) is 0 Å². The molecule has 1 heterocycles. The standard InChI is InChI=1S/C17H19ClN2O3S/c1-23-16-6-4-15(5-7-16)19-10-12-20(13-11-19)24(21,22)17-8-2-14(18)3-9-17/h2-9H,10-13H2,1H3. The molecule has 1 saturated heterocycles. The highest BCUT2D eigenvalue weighted by Crippen LogP contribution is 2.23. The molecule has 24 heavy (non-hydrogen) atoms. The highest BCUT2D eigenvalue weighted by atomic mass is 35.5. The van der Waals surface area contributed by atoms with Crippen molar-refractivity contribution in [3.63, 3.8) is 0 Å². The Balaban J connectivity index is 1.68. The smallest absolute Gasteiger partial charge is 0.243 e. The molecule has 1 fully saturated rings. The number of halogens is 1. The monoisotopic (exact) mass is 366 g/mol. The molecule has 0 N–H and O–H groups in total. The van der Waals surface area contributed by atoms with Gasteiger partial charge in [0.15, 0.2) is 0 Å². The van der Waals surface area contributed by atoms with Crippen LogP contribution < -0.4 is 9.64 Å². The molecule has 0 aliphatic carbocycles. The molecule has 0 spiro atoms. The fourth-order valence-electron chi connectivity index (χ4n) is 2.74. The zero-order valence-electron chi connectivity index (χ0n) is 13.4. The fourth-order valence-corrected chi connectivity index (χ4v) is 4.28. The molecule has 0 unspecified atom stereocenters. The second kappa shape index (κ2) is 7.01. The Bertz CT molecular complexity index is 784. The van der Waals surface area contributed by atoms with E-state index in [0.717, 1.165) is 11.4 Å². The van der Waals surface area contributed by atoms with Crippen molar-refractivity contribution in [2.45, 2.75) is 4.90 Å². The molecule has 0 saturated carbocycles. The molecule has 128 valence electrons. The van der Waals surface area contributed by atoms with Crippen LogP contribution in [0.15, 0.2) is 53.4 Å². The lowest BCUT2D eigenvalue weighted by molar-refractivity contribution is 0.384. The maximum Gasteiger partial charge on any atom is 0.243 e. The maximum absolute atomic E-state index is 12.7. The van der Waals surface area contributed by atoms with E-state index in [9.17, 15) is 8.42 Å². The third kappa shape index (κ3) is 3.50. The van der Waals surface area contributed by atoms with Gasteiger partial charge in [-0.15, -0.1) is 0 Å². The normalized spacial score (nSPS) is 16.2. The van der Waals surface area contributed by atoms with E-state index in [1.807, 2.05) is 24.3 Å². The Kier molecular flexibility index (Phi) is 4.99. The number of benzene rings is 2. The second-order valence-corrected chi connectivity index (χ2v) is 7.92. The molecule has 3 rings (SSSR count). The van der Waals surface area contributed by atoms with E-state index in [2.05, 4.69) is 4.90 Å². The summed E-state index contributed by atoms with van der Waals surface area (Å²) in [5.41, 5.74) is 1.07. The van der Waals surface area contributed by atoms with E-state index < -0.39 is 10.0 Å². The van der Waals surface area contributed by atoms with Gasteiger partial charge in [0.25, 0.3) is 0 Å². The molecule has 5 nitrogen and oxygen atoms in total. The van der Waals surface area contributed by atoms with Gasteiger partial charge in [-0.25, -0.2) is 8.42 Å². The number of hydrogen-bond acceptors (Lipinski definition) is 4. The molecule has 0 radical (unpaired) electrons. The van der Waals surface area contributed by atoms with Gasteiger partial charge in [-0.3, -0.25) is 0 Å². The average molecular weight is 367 g/mol. The first-order valence-electron chi connectivity index (χ1n) is 7.65. The van der Waals surface area contributed by atoms with E-state index in [-0.39, 0.29) is 4.90 Å². The number of methoxy groups -OCH3 is 1. The van der Waals surface area contributed by atoms with Crippen molar-refractivity contribution in [2.24, 2.45) is 0 Å². The van der Waals surface area contributed by atoms with Crippen LogP contribution >= 0.6 is 11.6 Å². The van der Waals surface area contributed by atoms with Crippen LogP contribution in [0.3, 0.4) is 0 Å². The first-order chi connectivity index (χ1) is 11.5. The number of sulfonamides is 1. The lowest BCUT2D eigenvalue weighted by Crippen LogP contribution is -2.48. The first-order valence-corrected chi connectivity index (χ1v) is 9.47. The molecule has 1 aliphatic rings. The lowest BCUT2D eigenvalue weighted by Gasteiger charge is -2.35. The number of ether oxygens (including phenoxy) is 1. The van der Waals surface area contributed by atoms with E-state index in [1.165, 1.54) is 4.31 Å². The Morgan fingerprint density at radius 1 is 0.917 bits per heavy atom. The van der Waals surface area contributed by atoms with Crippen molar-refractivity contribution in [1.29, 1.82) is 0 Å². The van der Waals surface area contributed by atoms with Gasteiger partial charge in [-0.2, -0.15) is 4.31 Å². The van der Waals surface area contributed by atoms with Crippen molar-refractivity contribution in [3.8, 4) is 5.75 Å². The van der Waals surface area contributed by atoms with Crippen LogP contribution in [0.1, 0.15) is 0 Å². The second-order valence-electron chi connectivity index (χ2n) is 5.54. The number of anilines is 1. The summed E-state index contributed by atoms with van der Waals surface area (Å²) in [6.07, 6.45) is 0. The van der Waals surface area contributed by atoms with Crippen molar-refractivity contribution in [2.75, 3.05) is 38.2 Å². The molecule has 2 aromatic rings. The molecular weight excluding hydrogens is 348 g/mol. The highest BCUT2D eigenvalue weighted by Gasteiger charge is 2.28. The maximum atomic E-state index is 12.7. The van der Waals surface area contributed by atoms with Crippen molar-refractivity contribution < 1.29 is 13.2 Å². The SMILES string of the molecule is COc1ccc(N2CCN(S(=O)(=O)c3ccc(Cl)cc3)CC2)cc1. The van der Waals surface area contributed by atoms with Gasteiger partial charge < -0.3 is 9.64 Å². The predicted molar refractivity (Wildman–Crippen MR) is 95.4 cm³/mol. The minimum atomic E-state index is -3.47. The van der Waals surface area contributed by atoms with Crippen molar-refractivity contribution in [1.82, 2.24) is 4.31 Å². The van der Waals surface area contributed by atoms with Gasteiger partial charge in [0.2, 0.25) is 10.0 Å². The van der Waals surface area contributed by atoms with Crippen LogP contribution in [-0.2, 0) is 10.0 Å². The minimum Gasteiger partial charge on any atom is -0.497 e. The molecule has 1 aliphatic heterocycles. The van der Waals surface area contributed by atoms with E-state index >= 15 is 0 Å². The predicted octanol–water partition coefficient (Wildman–Crippen LogP) is 2.86. The van der Waals surface area contributed by atoms with Gasteiger partial charge in [0.05, 0.1) is 12.0 Å². The van der Waals surface area contributed by atoms with Crippen LogP contribution in [0.4, 0.5) is 5.69 Å². The molecule has 0 aromatic heterocycles. The summed E-state index contributed by atoms with van der Waals surface area (Å²) in [4.78, 5) is 2.46. The van der Waals surface area contributed by atoms with E-state index in [4.69, 9.17) is 16.3 Å². The van der Waals surface area contributed by atoms with Crippen molar-refractivity contribution in [3.05, 3.63) is 53.6 Å². The van der Waals surface area contributed by atoms with Crippen molar-refractivity contribution >= 4 is 27.3 Å². The van der Waals surface area contributed by atoms with E-state index in [1.54, 1.807) is 31.4 Å². The Hall–Kier alpha value is -1.76. The highest BCUT2D eigenvalue weighted by molar-refractivity contribution is 7.89. The Morgan fingerprint density at radius 3 is 2.04 bits per heavy atom. The van der Waals surface area contributed by atoms with Gasteiger partial charge in [0.1, 0.15) is 5.75 Å². The summed E-state index contributed by atoms with van der Waals surface area (Å²) in [6.45, 7) is 2.21. The third-order valence-corrected chi connectivity index (χ3v) is 6.29. The van der Waals surface area contributed by atoms with Crippen LogP contribution in [0.5, 0.6) is 5.75 Å². The topological polar surface area (TPSA) is 49.9 Å². The largest absolute Gasteiger partial charge is 0.497 e. The molecule has 0 atom stereocenters. The molecular formula is C17H19ClN2O3S. The van der Waals surface area contributed by atoms with Gasteiger partial charge in [-0.1, -0.05) is 11.6 Å². The molecule has 0 bridgehead atoms. The molecule has 7 heteroatoms. The number of nitrogens with zero attached hydrogens (tertiary/aromatic N) is 2. The summed E-state index contributed by atoms with van der Waals surface area (Å²) >= 11 is 5.83. The molecule has 0 amide bonds. The van der Waals surface area contributed by atoms with Gasteiger partial charge in [-0.05, 0) is 48.5 Å². The zero-order chi connectivity index (χ0) is 17.2. The van der Waals surface area contributed by atoms with Crippen LogP contribution in [0, 0.1) is 0 Å². The fraction of sp³-hybridized carbons (Fsp3) is 0.294. The summed E-state index contributed by atoms with van der Waals surface area (Å²) in [5.74, 6) is 0.808. The zero-order valence-corrected chi connectivity index (χ0v) is 14.9. The number of hydrogen-bond donors (Lipinski definition) is 0. The summed E-state index contributed by atoms with van der Waals surface area (Å²) in [7, 11) is -1.83. The minimum absolute atomic E-state index is 0.282. The summed E-state index contributed by atoms with van der Waals surface area (Å²) in [6, 6.07) is 14.1. The first kappa shape index (κ1) is 17.1. The van der Waals surface area contributed by atoms with Gasteiger partial charge >= 0.3 is 0 Å². The summed E-state index contributed by atoms with van der Waals surface area (Å²) < 4.78 is 32.0. The Labute approximate surface area is 147 Å². The van der Waals surface area contributed by atoms with Crippen LogP contribution in [-0.4, -0.2) is 46.0 Å². The van der Waals surface area contributed by atoms with Gasteiger partial charge in [0, 0.05) is 36.9 Å². The number of rotatable bonds is 4. The lowest BCUT2D eigenvalue weighted by atomic mass is 10.2. The third-order valence-electron chi connectivity index (χ3n) is 4.13. The quantitative estimate of drug-likeness (QED) is 0.834. The number of piperazine rings is 1. The summed E-state index contributed by atoms with van der Waals surface area (Å²) in [5, 5.41) is 0.526.